The number of para-hydroxylation sites is 3. The molecule has 0 saturated carbocycles. The van der Waals surface area contributed by atoms with E-state index in [4.69, 9.17) is 4.42 Å². The summed E-state index contributed by atoms with van der Waals surface area (Å²) in [5.74, 6) is 0. The highest BCUT2D eigenvalue weighted by Crippen LogP contribution is 2.49. The average Bonchev–Trinajstić information content (AvgIpc) is 3.88. The molecule has 11 aromatic rings. The fourth-order valence-corrected chi connectivity index (χ4v) is 9.50. The number of hydrogen-bond donors (Lipinski definition) is 0. The van der Waals surface area contributed by atoms with Crippen LogP contribution in [0.15, 0.2) is 180 Å². The summed E-state index contributed by atoms with van der Waals surface area (Å²) in [6.07, 6.45) is 0. The second kappa shape index (κ2) is 11.0. The van der Waals surface area contributed by atoms with E-state index in [1.54, 1.807) is 0 Å². The fourth-order valence-electron chi connectivity index (χ4n) is 8.13. The average molecular weight is 668 g/mol. The van der Waals surface area contributed by atoms with Gasteiger partial charge in [0.2, 0.25) is 0 Å². The van der Waals surface area contributed by atoms with Gasteiger partial charge < -0.3 is 8.98 Å². The second-order valence-corrected chi connectivity index (χ2v) is 14.2. The molecule has 11 rings (SSSR count). The molecule has 0 radical (unpaired) electrons. The predicted octanol–water partition coefficient (Wildman–Crippen LogP) is 14.1. The quantitative estimate of drug-likeness (QED) is 0.183. The van der Waals surface area contributed by atoms with Crippen molar-refractivity contribution in [3.8, 4) is 39.1 Å². The van der Waals surface area contributed by atoms with Gasteiger partial charge in [-0.05, 0) is 52.1 Å². The van der Waals surface area contributed by atoms with Crippen LogP contribution in [-0.4, -0.2) is 4.57 Å². The SMILES string of the molecule is c1ccc(-c2ccc3c4ccccc4n(-c4cccc5c4sc4c(-c6ccccc6)ccc(-c6cccc7c6oc6ccccc67)c45)c3c2)cc1. The van der Waals surface area contributed by atoms with Gasteiger partial charge in [0.05, 0.1) is 21.4 Å². The van der Waals surface area contributed by atoms with Gasteiger partial charge in [-0.1, -0.05) is 152 Å². The Kier molecular flexibility index (Phi) is 6.16. The number of fused-ring (bicyclic) bond motifs is 9. The molecule has 0 aliphatic heterocycles. The summed E-state index contributed by atoms with van der Waals surface area (Å²) in [6.45, 7) is 0. The fraction of sp³-hybridized carbons (Fsp3) is 0. The van der Waals surface area contributed by atoms with Gasteiger partial charge in [0, 0.05) is 42.6 Å². The minimum absolute atomic E-state index is 0.913. The van der Waals surface area contributed by atoms with Crippen LogP contribution in [0.4, 0.5) is 0 Å². The van der Waals surface area contributed by atoms with E-state index in [1.165, 1.54) is 75.5 Å². The number of aromatic nitrogens is 1. The standard InChI is InChI=1S/C48H29NOS/c1-3-13-30(14-4-1)32-25-26-35-34-17-7-9-22-41(34)49(43(35)29-32)42-23-12-21-40-45-37(28-27-33(48(45)51-47(40)42)31-15-5-2-6-16-31)39-20-11-19-38-36-18-8-10-24-44(36)50-46(38)39/h1-29H. The lowest BCUT2D eigenvalue weighted by Gasteiger charge is -2.11. The summed E-state index contributed by atoms with van der Waals surface area (Å²) in [4.78, 5) is 0. The Morgan fingerprint density at radius 1 is 0.392 bits per heavy atom. The van der Waals surface area contributed by atoms with E-state index < -0.39 is 0 Å². The van der Waals surface area contributed by atoms with Crippen molar-refractivity contribution in [2.24, 2.45) is 0 Å². The number of benzene rings is 8. The summed E-state index contributed by atoms with van der Waals surface area (Å²) >= 11 is 1.89. The summed E-state index contributed by atoms with van der Waals surface area (Å²) in [5, 5.41) is 7.31. The van der Waals surface area contributed by atoms with Gasteiger partial charge in [0.1, 0.15) is 11.2 Å². The molecule has 238 valence electrons. The predicted molar refractivity (Wildman–Crippen MR) is 217 cm³/mol. The smallest absolute Gasteiger partial charge is 0.143 e. The van der Waals surface area contributed by atoms with Gasteiger partial charge in [0.15, 0.2) is 0 Å². The first-order valence-corrected chi connectivity index (χ1v) is 18.2. The zero-order chi connectivity index (χ0) is 33.5. The van der Waals surface area contributed by atoms with Crippen LogP contribution < -0.4 is 0 Å². The Balaban J connectivity index is 1.25. The van der Waals surface area contributed by atoms with E-state index in [0.717, 1.165) is 27.5 Å². The molecule has 0 bridgehead atoms. The minimum Gasteiger partial charge on any atom is -0.455 e. The van der Waals surface area contributed by atoms with Crippen molar-refractivity contribution in [1.82, 2.24) is 4.57 Å². The highest BCUT2D eigenvalue weighted by molar-refractivity contribution is 7.27. The molecule has 2 nitrogen and oxygen atoms in total. The Bertz CT molecular complexity index is 3130. The summed E-state index contributed by atoms with van der Waals surface area (Å²) in [5.41, 5.74) is 12.6. The van der Waals surface area contributed by atoms with E-state index in [9.17, 15) is 0 Å². The number of hydrogen-bond acceptors (Lipinski definition) is 2. The van der Waals surface area contributed by atoms with E-state index in [0.29, 0.717) is 0 Å². The molecule has 0 atom stereocenters. The maximum Gasteiger partial charge on any atom is 0.143 e. The topological polar surface area (TPSA) is 18.1 Å². The Hall–Kier alpha value is -6.42. The molecular formula is C48H29NOS. The zero-order valence-corrected chi connectivity index (χ0v) is 28.3. The van der Waals surface area contributed by atoms with Crippen LogP contribution in [0.25, 0.3) is 103 Å². The molecule has 0 N–H and O–H groups in total. The van der Waals surface area contributed by atoms with Crippen molar-refractivity contribution in [1.29, 1.82) is 0 Å². The summed E-state index contributed by atoms with van der Waals surface area (Å²) in [7, 11) is 0. The van der Waals surface area contributed by atoms with Crippen molar-refractivity contribution in [3.63, 3.8) is 0 Å². The van der Waals surface area contributed by atoms with Crippen LogP contribution in [0.2, 0.25) is 0 Å². The molecular weight excluding hydrogens is 639 g/mol. The molecule has 0 spiro atoms. The van der Waals surface area contributed by atoms with Crippen molar-refractivity contribution in [2.75, 3.05) is 0 Å². The number of nitrogens with zero attached hydrogens (tertiary/aromatic N) is 1. The maximum atomic E-state index is 6.62. The normalized spacial score (nSPS) is 11.9. The molecule has 0 fully saturated rings. The second-order valence-electron chi connectivity index (χ2n) is 13.2. The minimum atomic E-state index is 0.913. The lowest BCUT2D eigenvalue weighted by molar-refractivity contribution is 0.670. The lowest BCUT2D eigenvalue weighted by Crippen LogP contribution is -1.94. The molecule has 8 aromatic carbocycles. The largest absolute Gasteiger partial charge is 0.455 e. The van der Waals surface area contributed by atoms with E-state index in [-0.39, 0.29) is 0 Å². The first-order valence-electron chi connectivity index (χ1n) is 17.4. The van der Waals surface area contributed by atoms with Gasteiger partial charge in [0.25, 0.3) is 0 Å². The zero-order valence-electron chi connectivity index (χ0n) is 27.5. The van der Waals surface area contributed by atoms with Gasteiger partial charge in [-0.25, -0.2) is 0 Å². The van der Waals surface area contributed by atoms with Crippen LogP contribution >= 0.6 is 11.3 Å². The van der Waals surface area contributed by atoms with Crippen molar-refractivity contribution >= 4 is 75.3 Å². The lowest BCUT2D eigenvalue weighted by atomic mass is 9.94. The van der Waals surface area contributed by atoms with E-state index in [1.807, 2.05) is 17.4 Å². The maximum absolute atomic E-state index is 6.62. The van der Waals surface area contributed by atoms with Crippen LogP contribution in [0.3, 0.4) is 0 Å². The molecule has 0 aliphatic rings. The first kappa shape index (κ1) is 28.4. The van der Waals surface area contributed by atoms with Gasteiger partial charge in [-0.3, -0.25) is 0 Å². The van der Waals surface area contributed by atoms with Crippen molar-refractivity contribution < 1.29 is 4.42 Å². The number of thiophene rings is 1. The number of furan rings is 1. The molecule has 0 aliphatic carbocycles. The van der Waals surface area contributed by atoms with Crippen LogP contribution in [-0.2, 0) is 0 Å². The van der Waals surface area contributed by atoms with E-state index >= 15 is 0 Å². The third-order valence-corrected chi connectivity index (χ3v) is 11.7. The molecule has 0 saturated heterocycles. The molecule has 0 amide bonds. The van der Waals surface area contributed by atoms with Crippen LogP contribution in [0.5, 0.6) is 0 Å². The van der Waals surface area contributed by atoms with Gasteiger partial charge in [-0.2, -0.15) is 0 Å². The molecule has 0 unspecified atom stereocenters. The highest BCUT2D eigenvalue weighted by atomic mass is 32.1. The molecule has 51 heavy (non-hydrogen) atoms. The Morgan fingerprint density at radius 3 is 1.92 bits per heavy atom. The van der Waals surface area contributed by atoms with E-state index in [2.05, 4.69) is 174 Å². The Morgan fingerprint density at radius 2 is 1.06 bits per heavy atom. The van der Waals surface area contributed by atoms with Crippen molar-refractivity contribution in [3.05, 3.63) is 176 Å². The van der Waals surface area contributed by atoms with Crippen LogP contribution in [0.1, 0.15) is 0 Å². The first-order chi connectivity index (χ1) is 25.3. The highest BCUT2D eigenvalue weighted by Gasteiger charge is 2.22. The summed E-state index contributed by atoms with van der Waals surface area (Å²) < 4.78 is 11.6. The van der Waals surface area contributed by atoms with Crippen LogP contribution in [0, 0.1) is 0 Å². The Labute approximate surface area is 298 Å². The van der Waals surface area contributed by atoms with Gasteiger partial charge >= 0.3 is 0 Å². The number of rotatable bonds is 4. The monoisotopic (exact) mass is 667 g/mol. The third kappa shape index (κ3) is 4.22. The molecule has 3 aromatic heterocycles. The summed E-state index contributed by atoms with van der Waals surface area (Å²) in [6, 6.07) is 63.5. The third-order valence-electron chi connectivity index (χ3n) is 10.4. The molecule has 3 heteroatoms. The van der Waals surface area contributed by atoms with Crippen molar-refractivity contribution in [2.45, 2.75) is 0 Å². The molecule has 3 heterocycles. The van der Waals surface area contributed by atoms with Gasteiger partial charge in [-0.15, -0.1) is 11.3 Å².